The van der Waals surface area contributed by atoms with Crippen molar-refractivity contribution < 1.29 is 17.9 Å². The number of methoxy groups -OCH3 is 1. The summed E-state index contributed by atoms with van der Waals surface area (Å²) in [6.07, 6.45) is 0.173. The van der Waals surface area contributed by atoms with Crippen molar-refractivity contribution in [3.05, 3.63) is 35.6 Å². The molecule has 2 unspecified atom stereocenters. The second-order valence-electron chi connectivity index (χ2n) is 3.09. The van der Waals surface area contributed by atoms with E-state index >= 15 is 0 Å². The Bertz CT molecular complexity index is 326. The fourth-order valence-electron chi connectivity index (χ4n) is 1.31. The summed E-state index contributed by atoms with van der Waals surface area (Å²) in [5.41, 5.74) is 0.810. The molecule has 0 saturated carbocycles. The molecule has 1 N–H and O–H groups in total. The third-order valence-electron chi connectivity index (χ3n) is 2.08. The summed E-state index contributed by atoms with van der Waals surface area (Å²) in [5.74, 6) is -0.157. The fraction of sp³-hybridized carbons (Fsp3) is 0.400. The molecule has 2 atom stereocenters. The summed E-state index contributed by atoms with van der Waals surface area (Å²) >= 11 is -1.82. The van der Waals surface area contributed by atoms with Gasteiger partial charge in [-0.2, -0.15) is 0 Å². The van der Waals surface area contributed by atoms with Gasteiger partial charge < -0.3 is 9.29 Å². The molecule has 0 aromatic heterocycles. The Morgan fingerprint density at radius 1 is 1.47 bits per heavy atom. The zero-order valence-corrected chi connectivity index (χ0v) is 9.17. The van der Waals surface area contributed by atoms with E-state index in [4.69, 9.17) is 9.29 Å². The largest absolute Gasteiger partial charge is 0.377 e. The van der Waals surface area contributed by atoms with Gasteiger partial charge in [0.1, 0.15) is 5.82 Å². The Labute approximate surface area is 90.5 Å². The van der Waals surface area contributed by atoms with E-state index in [0.29, 0.717) is 6.42 Å². The van der Waals surface area contributed by atoms with E-state index in [2.05, 4.69) is 0 Å². The van der Waals surface area contributed by atoms with Crippen LogP contribution in [0.15, 0.2) is 24.3 Å². The van der Waals surface area contributed by atoms with Crippen molar-refractivity contribution in [2.24, 2.45) is 0 Å². The van der Waals surface area contributed by atoms with Crippen LogP contribution in [0.4, 0.5) is 4.39 Å². The number of rotatable bonds is 5. The lowest BCUT2D eigenvalue weighted by Crippen LogP contribution is -2.06. The standard InChI is InChI=1S/C10H13FO3S/c1-14-10(6-7-15(12)13)8-2-4-9(11)5-3-8/h2-5,10H,6-7H2,1H3,(H,12,13). The molecule has 84 valence electrons. The second-order valence-corrected chi connectivity index (χ2v) is 4.14. The molecular formula is C10H13FO3S. The van der Waals surface area contributed by atoms with Crippen LogP contribution in [0.1, 0.15) is 18.1 Å². The SMILES string of the molecule is COC(CCS(=O)O)c1ccc(F)cc1. The summed E-state index contributed by atoms with van der Waals surface area (Å²) in [5, 5.41) is 0. The van der Waals surface area contributed by atoms with Gasteiger partial charge in [-0.25, -0.2) is 8.60 Å². The first-order valence-electron chi connectivity index (χ1n) is 4.49. The van der Waals surface area contributed by atoms with Crippen molar-refractivity contribution in [1.82, 2.24) is 0 Å². The molecule has 1 aromatic rings. The first-order valence-corrected chi connectivity index (χ1v) is 5.76. The maximum Gasteiger partial charge on any atom is 0.152 e. The average molecular weight is 232 g/mol. The molecule has 0 amide bonds. The lowest BCUT2D eigenvalue weighted by molar-refractivity contribution is 0.100. The number of hydrogen-bond donors (Lipinski definition) is 1. The van der Waals surface area contributed by atoms with Gasteiger partial charge in [0.2, 0.25) is 0 Å². The lowest BCUT2D eigenvalue weighted by atomic mass is 10.1. The highest BCUT2D eigenvalue weighted by Gasteiger charge is 2.11. The molecule has 0 fully saturated rings. The van der Waals surface area contributed by atoms with E-state index in [9.17, 15) is 8.60 Å². The van der Waals surface area contributed by atoms with E-state index in [-0.39, 0.29) is 17.7 Å². The highest BCUT2D eigenvalue weighted by atomic mass is 32.2. The van der Waals surface area contributed by atoms with Gasteiger partial charge >= 0.3 is 0 Å². The average Bonchev–Trinajstić information content (AvgIpc) is 2.21. The van der Waals surface area contributed by atoms with Crippen molar-refractivity contribution in [3.63, 3.8) is 0 Å². The second kappa shape index (κ2) is 5.95. The van der Waals surface area contributed by atoms with Crippen LogP contribution < -0.4 is 0 Å². The molecule has 0 spiro atoms. The molecule has 1 rings (SSSR count). The van der Waals surface area contributed by atoms with E-state index < -0.39 is 11.1 Å². The molecule has 15 heavy (non-hydrogen) atoms. The van der Waals surface area contributed by atoms with Crippen LogP contribution in [0.25, 0.3) is 0 Å². The zero-order chi connectivity index (χ0) is 11.3. The minimum Gasteiger partial charge on any atom is -0.377 e. The zero-order valence-electron chi connectivity index (χ0n) is 8.35. The molecule has 0 aliphatic carbocycles. The molecule has 0 aliphatic heterocycles. The molecule has 0 bridgehead atoms. The minimum absolute atomic E-state index is 0.149. The van der Waals surface area contributed by atoms with Crippen molar-refractivity contribution in [1.29, 1.82) is 0 Å². The predicted molar refractivity (Wildman–Crippen MR) is 56.4 cm³/mol. The molecule has 0 saturated heterocycles. The summed E-state index contributed by atoms with van der Waals surface area (Å²) in [6, 6.07) is 5.92. The number of ether oxygens (including phenoxy) is 1. The van der Waals surface area contributed by atoms with Crippen molar-refractivity contribution in [2.45, 2.75) is 12.5 Å². The Kier molecular flexibility index (Phi) is 4.87. The van der Waals surface area contributed by atoms with Gasteiger partial charge in [0, 0.05) is 7.11 Å². The van der Waals surface area contributed by atoms with Crippen LogP contribution in [0, 0.1) is 5.82 Å². The van der Waals surface area contributed by atoms with Crippen molar-refractivity contribution in [3.8, 4) is 0 Å². The van der Waals surface area contributed by atoms with Crippen LogP contribution in [-0.4, -0.2) is 21.6 Å². The van der Waals surface area contributed by atoms with E-state index in [0.717, 1.165) is 5.56 Å². The van der Waals surface area contributed by atoms with E-state index in [1.807, 2.05) is 0 Å². The van der Waals surface area contributed by atoms with Crippen LogP contribution in [0.5, 0.6) is 0 Å². The first-order chi connectivity index (χ1) is 7.13. The van der Waals surface area contributed by atoms with Crippen LogP contribution in [0.2, 0.25) is 0 Å². The van der Waals surface area contributed by atoms with Gasteiger partial charge in [0.25, 0.3) is 0 Å². The van der Waals surface area contributed by atoms with Gasteiger partial charge in [0.05, 0.1) is 11.9 Å². The monoisotopic (exact) mass is 232 g/mol. The molecule has 1 aromatic carbocycles. The molecule has 5 heteroatoms. The summed E-state index contributed by atoms with van der Waals surface area (Å²) in [6.45, 7) is 0. The third-order valence-corrected chi connectivity index (χ3v) is 2.67. The summed E-state index contributed by atoms with van der Waals surface area (Å²) < 4.78 is 36.9. The quantitative estimate of drug-likeness (QED) is 0.791. The van der Waals surface area contributed by atoms with Crippen LogP contribution in [-0.2, 0) is 15.8 Å². The lowest BCUT2D eigenvalue weighted by Gasteiger charge is -2.14. The Balaban J connectivity index is 2.65. The molecule has 0 heterocycles. The van der Waals surface area contributed by atoms with Gasteiger partial charge in [0.15, 0.2) is 11.1 Å². The fourth-order valence-corrected chi connectivity index (χ4v) is 1.72. The number of hydrogen-bond acceptors (Lipinski definition) is 2. The smallest absolute Gasteiger partial charge is 0.152 e. The number of halogens is 1. The van der Waals surface area contributed by atoms with Gasteiger partial charge in [-0.15, -0.1) is 0 Å². The van der Waals surface area contributed by atoms with Crippen LogP contribution >= 0.6 is 0 Å². The Hall–Kier alpha value is -0.780. The van der Waals surface area contributed by atoms with Gasteiger partial charge in [-0.1, -0.05) is 12.1 Å². The van der Waals surface area contributed by atoms with Crippen LogP contribution in [0.3, 0.4) is 0 Å². The third kappa shape index (κ3) is 4.07. The van der Waals surface area contributed by atoms with Crippen molar-refractivity contribution in [2.75, 3.05) is 12.9 Å². The maximum atomic E-state index is 12.6. The molecular weight excluding hydrogens is 219 g/mol. The highest BCUT2D eigenvalue weighted by molar-refractivity contribution is 7.79. The van der Waals surface area contributed by atoms with E-state index in [1.54, 1.807) is 12.1 Å². The molecule has 3 nitrogen and oxygen atoms in total. The highest BCUT2D eigenvalue weighted by Crippen LogP contribution is 2.20. The first kappa shape index (κ1) is 12.3. The normalized spacial score (nSPS) is 14.9. The molecule has 0 radical (unpaired) electrons. The van der Waals surface area contributed by atoms with Crippen molar-refractivity contribution >= 4 is 11.1 Å². The topological polar surface area (TPSA) is 46.5 Å². The van der Waals surface area contributed by atoms with Gasteiger partial charge in [-0.3, -0.25) is 0 Å². The Morgan fingerprint density at radius 3 is 2.53 bits per heavy atom. The summed E-state index contributed by atoms with van der Waals surface area (Å²) in [4.78, 5) is 0. The Morgan fingerprint density at radius 2 is 2.07 bits per heavy atom. The molecule has 0 aliphatic rings. The predicted octanol–water partition coefficient (Wildman–Crippen LogP) is 2.12. The van der Waals surface area contributed by atoms with E-state index in [1.165, 1.54) is 19.2 Å². The summed E-state index contributed by atoms with van der Waals surface area (Å²) in [7, 11) is 1.52. The maximum absolute atomic E-state index is 12.6. The number of benzene rings is 1. The minimum atomic E-state index is -1.82. The van der Waals surface area contributed by atoms with Gasteiger partial charge in [-0.05, 0) is 24.1 Å².